The fourth-order valence-electron chi connectivity index (χ4n) is 3.06. The van der Waals surface area contributed by atoms with Crippen LogP contribution in [0.2, 0.25) is 0 Å². The monoisotopic (exact) mass is 348 g/mol. The van der Waals surface area contributed by atoms with E-state index in [9.17, 15) is 14.7 Å². The Morgan fingerprint density at radius 3 is 2.84 bits per heavy atom. The average molecular weight is 348 g/mol. The smallest absolute Gasteiger partial charge is 0.407 e. The molecule has 0 aliphatic carbocycles. The van der Waals surface area contributed by atoms with Crippen LogP contribution in [-0.2, 0) is 0 Å². The van der Waals surface area contributed by atoms with Gasteiger partial charge in [-0.05, 0) is 24.6 Å². The molecule has 0 bridgehead atoms. The van der Waals surface area contributed by atoms with E-state index in [0.717, 1.165) is 11.2 Å². The van der Waals surface area contributed by atoms with Crippen LogP contribution in [0.4, 0.5) is 15.3 Å². The second-order valence-electron chi connectivity index (χ2n) is 5.99. The minimum atomic E-state index is -1.02. The molecule has 25 heavy (non-hydrogen) atoms. The highest BCUT2D eigenvalue weighted by molar-refractivity contribution is 5.77. The summed E-state index contributed by atoms with van der Waals surface area (Å²) in [6.07, 6.45) is -1.53. The molecule has 1 fully saturated rings. The molecule has 2 aromatic rings. The lowest BCUT2D eigenvalue weighted by molar-refractivity contribution is 0.0622. The van der Waals surface area contributed by atoms with Crippen molar-refractivity contribution in [3.8, 4) is 0 Å². The molecule has 2 heterocycles. The topological polar surface area (TPSA) is 119 Å². The van der Waals surface area contributed by atoms with Crippen molar-refractivity contribution in [3.05, 3.63) is 24.1 Å². The molecule has 9 nitrogen and oxygen atoms in total. The van der Waals surface area contributed by atoms with E-state index in [1.807, 2.05) is 18.2 Å². The molecule has 1 aliphatic rings. The number of hydrogen-bond acceptors (Lipinski definition) is 5. The van der Waals surface area contributed by atoms with Gasteiger partial charge in [0.15, 0.2) is 11.5 Å². The Kier molecular flexibility index (Phi) is 4.64. The Morgan fingerprint density at radius 1 is 1.32 bits per heavy atom. The molecule has 2 amide bonds. The van der Waals surface area contributed by atoms with Crippen LogP contribution >= 0.6 is 0 Å². The first kappa shape index (κ1) is 16.9. The highest BCUT2D eigenvalue weighted by atomic mass is 16.4. The van der Waals surface area contributed by atoms with Crippen molar-refractivity contribution in [2.45, 2.75) is 19.4 Å². The predicted octanol–water partition coefficient (Wildman–Crippen LogP) is 2.28. The summed E-state index contributed by atoms with van der Waals surface area (Å²) in [5.41, 5.74) is 2.32. The first-order valence-corrected chi connectivity index (χ1v) is 8.02. The molecule has 0 spiro atoms. The largest absolute Gasteiger partial charge is 0.465 e. The van der Waals surface area contributed by atoms with Crippen molar-refractivity contribution >= 4 is 29.0 Å². The SMILES string of the molecule is Cc1nc2cc(NCC[C@@H]3CN(C(=O)O)CCN3C(=O)O)ccc2o1. The van der Waals surface area contributed by atoms with Crippen LogP contribution in [0.1, 0.15) is 12.3 Å². The number of benzene rings is 1. The Morgan fingerprint density at radius 2 is 2.12 bits per heavy atom. The molecule has 9 heteroatoms. The summed E-state index contributed by atoms with van der Waals surface area (Å²) in [6, 6.07) is 5.19. The molecule has 3 N–H and O–H groups in total. The van der Waals surface area contributed by atoms with Crippen LogP contribution in [-0.4, -0.2) is 69.4 Å². The summed E-state index contributed by atoms with van der Waals surface area (Å²) < 4.78 is 5.43. The van der Waals surface area contributed by atoms with E-state index in [1.54, 1.807) is 6.92 Å². The highest BCUT2D eigenvalue weighted by Crippen LogP contribution is 2.20. The van der Waals surface area contributed by atoms with E-state index < -0.39 is 12.2 Å². The first-order chi connectivity index (χ1) is 11.9. The number of aromatic nitrogens is 1. The lowest BCUT2D eigenvalue weighted by Gasteiger charge is -2.38. The zero-order valence-corrected chi connectivity index (χ0v) is 13.8. The van der Waals surface area contributed by atoms with Gasteiger partial charge in [-0.15, -0.1) is 0 Å². The molecule has 1 atom stereocenters. The molecular weight excluding hydrogens is 328 g/mol. The van der Waals surface area contributed by atoms with E-state index in [0.29, 0.717) is 24.4 Å². The highest BCUT2D eigenvalue weighted by Gasteiger charge is 2.31. The van der Waals surface area contributed by atoms with E-state index in [4.69, 9.17) is 9.52 Å². The third-order valence-corrected chi connectivity index (χ3v) is 4.30. The number of hydrogen-bond donors (Lipinski definition) is 3. The predicted molar refractivity (Wildman–Crippen MR) is 90.0 cm³/mol. The van der Waals surface area contributed by atoms with Crippen molar-refractivity contribution in [1.29, 1.82) is 0 Å². The van der Waals surface area contributed by atoms with Gasteiger partial charge in [0.2, 0.25) is 0 Å². The number of piperazine rings is 1. The number of nitrogens with one attached hydrogen (secondary N) is 1. The lowest BCUT2D eigenvalue weighted by atomic mass is 10.1. The maximum atomic E-state index is 11.3. The van der Waals surface area contributed by atoms with Crippen molar-refractivity contribution in [3.63, 3.8) is 0 Å². The fraction of sp³-hybridized carbons (Fsp3) is 0.438. The third kappa shape index (κ3) is 3.76. The number of anilines is 1. The van der Waals surface area contributed by atoms with Gasteiger partial charge in [0.1, 0.15) is 5.52 Å². The number of amides is 2. The van der Waals surface area contributed by atoms with Gasteiger partial charge in [0.05, 0.1) is 6.04 Å². The molecule has 1 saturated heterocycles. The molecule has 1 aromatic heterocycles. The molecule has 134 valence electrons. The van der Waals surface area contributed by atoms with Gasteiger partial charge in [-0.2, -0.15) is 0 Å². The van der Waals surface area contributed by atoms with Gasteiger partial charge in [-0.3, -0.25) is 0 Å². The molecular formula is C16H20N4O5. The Labute approximate surface area is 143 Å². The third-order valence-electron chi connectivity index (χ3n) is 4.30. The number of carboxylic acid groups (broad SMARTS) is 2. The zero-order chi connectivity index (χ0) is 18.0. The fourth-order valence-corrected chi connectivity index (χ4v) is 3.06. The van der Waals surface area contributed by atoms with Crippen molar-refractivity contribution in [1.82, 2.24) is 14.8 Å². The van der Waals surface area contributed by atoms with E-state index in [-0.39, 0.29) is 25.7 Å². The average Bonchev–Trinajstić information content (AvgIpc) is 2.93. The van der Waals surface area contributed by atoms with Gasteiger partial charge in [-0.25, -0.2) is 14.6 Å². The van der Waals surface area contributed by atoms with Gasteiger partial charge in [0, 0.05) is 38.8 Å². The number of oxazole rings is 1. The summed E-state index contributed by atoms with van der Waals surface area (Å²) in [7, 11) is 0. The normalized spacial score (nSPS) is 17.7. The van der Waals surface area contributed by atoms with Crippen LogP contribution in [0.5, 0.6) is 0 Å². The number of aryl methyl sites for hydroxylation is 1. The van der Waals surface area contributed by atoms with E-state index in [2.05, 4.69) is 10.3 Å². The zero-order valence-electron chi connectivity index (χ0n) is 13.8. The summed E-state index contributed by atoms with van der Waals surface area (Å²) >= 11 is 0. The van der Waals surface area contributed by atoms with Crippen LogP contribution in [0.25, 0.3) is 11.1 Å². The quantitative estimate of drug-likeness (QED) is 0.775. The Bertz CT molecular complexity index is 790. The molecule has 1 aromatic carbocycles. The molecule has 0 unspecified atom stereocenters. The van der Waals surface area contributed by atoms with Crippen LogP contribution < -0.4 is 5.32 Å². The van der Waals surface area contributed by atoms with Crippen LogP contribution in [0, 0.1) is 6.92 Å². The van der Waals surface area contributed by atoms with Gasteiger partial charge >= 0.3 is 12.2 Å². The summed E-state index contributed by atoms with van der Waals surface area (Å²) in [5, 5.41) is 21.6. The van der Waals surface area contributed by atoms with Gasteiger partial charge < -0.3 is 29.7 Å². The second-order valence-corrected chi connectivity index (χ2v) is 5.99. The van der Waals surface area contributed by atoms with E-state index in [1.165, 1.54) is 9.80 Å². The van der Waals surface area contributed by atoms with Crippen LogP contribution in [0.15, 0.2) is 22.6 Å². The molecule has 0 saturated carbocycles. The summed E-state index contributed by atoms with van der Waals surface area (Å²) in [5.74, 6) is 0.597. The maximum Gasteiger partial charge on any atom is 0.407 e. The van der Waals surface area contributed by atoms with Crippen molar-refractivity contribution in [2.24, 2.45) is 0 Å². The van der Waals surface area contributed by atoms with Gasteiger partial charge in [-0.1, -0.05) is 0 Å². The maximum absolute atomic E-state index is 11.3. The number of carbonyl (C=O) groups is 2. The van der Waals surface area contributed by atoms with Crippen molar-refractivity contribution < 1.29 is 24.2 Å². The Balaban J connectivity index is 1.61. The minimum Gasteiger partial charge on any atom is -0.465 e. The Hall–Kier alpha value is -2.97. The van der Waals surface area contributed by atoms with Gasteiger partial charge in [0.25, 0.3) is 0 Å². The minimum absolute atomic E-state index is 0.185. The standard InChI is InChI=1S/C16H20N4O5/c1-10-18-13-8-11(2-3-14(13)25-10)17-5-4-12-9-19(15(21)22)6-7-20(12)16(23)24/h2-3,8,12,17H,4-7,9H2,1H3,(H,21,22)(H,23,24)/t12-/m1/s1. The number of nitrogens with zero attached hydrogens (tertiary/aromatic N) is 3. The van der Waals surface area contributed by atoms with E-state index >= 15 is 0 Å². The van der Waals surface area contributed by atoms with Crippen LogP contribution in [0.3, 0.4) is 0 Å². The first-order valence-electron chi connectivity index (χ1n) is 8.02. The summed E-state index contributed by atoms with van der Waals surface area (Å²) in [6.45, 7) is 2.88. The number of fused-ring (bicyclic) bond motifs is 1. The summed E-state index contributed by atoms with van der Waals surface area (Å²) in [4.78, 5) is 29.3. The van der Waals surface area contributed by atoms with Crippen molar-refractivity contribution in [2.75, 3.05) is 31.5 Å². The molecule has 3 rings (SSSR count). The number of rotatable bonds is 4. The lowest BCUT2D eigenvalue weighted by Crippen LogP contribution is -2.56. The molecule has 1 aliphatic heterocycles. The second kappa shape index (κ2) is 6.88. The molecule has 0 radical (unpaired) electrons.